The number of methoxy groups -OCH3 is 1. The van der Waals surface area contributed by atoms with Crippen LogP contribution in [0.5, 0.6) is 5.75 Å². The molecule has 0 unspecified atom stereocenters. The molecule has 0 radical (unpaired) electrons. The molecule has 2 aromatic heterocycles. The molecular formula is C41H56N4O5. The third-order valence-electron chi connectivity index (χ3n) is 11.7. The van der Waals surface area contributed by atoms with Gasteiger partial charge in [-0.3, -0.25) is 9.69 Å². The lowest BCUT2D eigenvalue weighted by molar-refractivity contribution is -0.124. The van der Waals surface area contributed by atoms with Crippen molar-refractivity contribution in [1.29, 1.82) is 0 Å². The van der Waals surface area contributed by atoms with Crippen molar-refractivity contribution in [3.05, 3.63) is 59.8 Å². The second kappa shape index (κ2) is 14.8. The van der Waals surface area contributed by atoms with Crippen LogP contribution in [-0.2, 0) is 20.4 Å². The fourth-order valence-electron chi connectivity index (χ4n) is 8.43. The molecule has 2 bridgehead atoms. The zero-order valence-electron chi connectivity index (χ0n) is 31.0. The molecule has 1 aromatic carbocycles. The number of carbonyl (C=O) groups is 2. The molecule has 7 rings (SSSR count). The van der Waals surface area contributed by atoms with Crippen LogP contribution >= 0.6 is 0 Å². The summed E-state index contributed by atoms with van der Waals surface area (Å²) in [5.41, 5.74) is 4.25. The average Bonchev–Trinajstić information content (AvgIpc) is 3.64. The third kappa shape index (κ3) is 7.71. The lowest BCUT2D eigenvalue weighted by atomic mass is 9.51. The number of oxazole rings is 1. The normalized spacial score (nSPS) is 24.8. The Balaban J connectivity index is 1.21. The zero-order valence-corrected chi connectivity index (χ0v) is 31.0. The number of alkyl carbamates (subject to hydrolysis) is 1. The van der Waals surface area contributed by atoms with Crippen molar-refractivity contribution in [3.8, 4) is 17.0 Å². The Morgan fingerprint density at radius 3 is 2.36 bits per heavy atom. The van der Waals surface area contributed by atoms with Crippen molar-refractivity contribution >= 4 is 17.8 Å². The van der Waals surface area contributed by atoms with E-state index in [2.05, 4.69) is 58.1 Å². The van der Waals surface area contributed by atoms with E-state index in [4.69, 9.17) is 23.9 Å². The number of hydrogen-bond acceptors (Lipinski definition) is 7. The largest absolute Gasteiger partial charge is 0.496 e. The van der Waals surface area contributed by atoms with E-state index >= 15 is 0 Å². The van der Waals surface area contributed by atoms with Gasteiger partial charge in [0, 0.05) is 36.2 Å². The van der Waals surface area contributed by atoms with E-state index < -0.39 is 0 Å². The zero-order chi connectivity index (χ0) is 35.5. The Hall–Kier alpha value is -3.88. The van der Waals surface area contributed by atoms with Gasteiger partial charge in [-0.25, -0.2) is 14.8 Å². The molecule has 9 heteroatoms. The van der Waals surface area contributed by atoms with Gasteiger partial charge in [-0.1, -0.05) is 46.2 Å². The van der Waals surface area contributed by atoms with Crippen LogP contribution in [-0.4, -0.2) is 48.3 Å². The molecule has 1 N–H and O–H groups in total. The van der Waals surface area contributed by atoms with E-state index in [1.165, 1.54) is 11.1 Å². The van der Waals surface area contributed by atoms with Crippen molar-refractivity contribution in [1.82, 2.24) is 15.3 Å². The first-order valence-electron chi connectivity index (χ1n) is 18.8. The molecule has 0 spiro atoms. The minimum atomic E-state index is -0.354. The molecule has 9 nitrogen and oxygen atoms in total. The number of rotatable bonds is 11. The number of hydrogen-bond donors (Lipinski definition) is 1. The number of pyridine rings is 1. The molecule has 0 saturated heterocycles. The second-order valence-corrected chi connectivity index (χ2v) is 16.2. The number of benzene rings is 1. The van der Waals surface area contributed by atoms with Gasteiger partial charge in [0.15, 0.2) is 5.89 Å². The molecule has 2 heterocycles. The van der Waals surface area contributed by atoms with Crippen LogP contribution in [0.15, 0.2) is 47.2 Å². The van der Waals surface area contributed by atoms with E-state index in [-0.39, 0.29) is 40.3 Å². The maximum Gasteiger partial charge on any atom is 0.407 e. The monoisotopic (exact) mass is 684 g/mol. The van der Waals surface area contributed by atoms with Gasteiger partial charge in [-0.15, -0.1) is 0 Å². The summed E-state index contributed by atoms with van der Waals surface area (Å²) < 4.78 is 17.1. The van der Waals surface area contributed by atoms with Crippen LogP contribution in [0.4, 0.5) is 10.6 Å². The number of amides is 2. The van der Waals surface area contributed by atoms with Gasteiger partial charge in [0.2, 0.25) is 5.91 Å². The number of ether oxygens (including phenoxy) is 2. The predicted molar refractivity (Wildman–Crippen MR) is 195 cm³/mol. The minimum absolute atomic E-state index is 0.0425. The fourth-order valence-corrected chi connectivity index (χ4v) is 8.43. The van der Waals surface area contributed by atoms with E-state index in [1.807, 2.05) is 17.0 Å². The summed E-state index contributed by atoms with van der Waals surface area (Å²) in [7, 11) is 1.73. The number of nitrogens with zero attached hydrogens (tertiary/aromatic N) is 3. The molecular weight excluding hydrogens is 628 g/mol. The second-order valence-electron chi connectivity index (χ2n) is 16.2. The van der Waals surface area contributed by atoms with Crippen molar-refractivity contribution < 1.29 is 23.5 Å². The lowest BCUT2D eigenvalue weighted by Gasteiger charge is -2.55. The Bertz CT molecular complexity index is 1630. The first-order chi connectivity index (χ1) is 23.9. The summed E-state index contributed by atoms with van der Waals surface area (Å²) in [6, 6.07) is 10.7. The van der Waals surface area contributed by atoms with Crippen molar-refractivity contribution in [2.75, 3.05) is 25.1 Å². The number of fused-ring (bicyclic) bond motifs is 3. The van der Waals surface area contributed by atoms with Crippen molar-refractivity contribution in [2.24, 2.45) is 11.3 Å². The standard InChI is InChI=1S/C41H56N4O5/c1-7-8-22-43-38(47)50-32-12-9-29(10-13-32)36(46)45(35-25-30(15-23-42-35)33-26-49-37(44-33)39(3,4)5)27-40-16-19-41(20-17-40,21-18-40)31-11-14-34(48-6)28(2)24-31/h11,14-15,23-26,29,32H,7-10,12-13,16-22,27H2,1-6H3,(H,43,47). The van der Waals surface area contributed by atoms with Crippen LogP contribution < -0.4 is 15.0 Å². The highest BCUT2D eigenvalue weighted by Crippen LogP contribution is 2.58. The average molecular weight is 685 g/mol. The predicted octanol–water partition coefficient (Wildman–Crippen LogP) is 9.06. The Labute approximate surface area is 297 Å². The Morgan fingerprint density at radius 1 is 1.02 bits per heavy atom. The Kier molecular flexibility index (Phi) is 10.6. The first-order valence-corrected chi connectivity index (χ1v) is 18.8. The smallest absolute Gasteiger partial charge is 0.407 e. The molecule has 50 heavy (non-hydrogen) atoms. The summed E-state index contributed by atoms with van der Waals surface area (Å²) >= 11 is 0. The molecule has 4 fully saturated rings. The quantitative estimate of drug-likeness (QED) is 0.201. The highest BCUT2D eigenvalue weighted by atomic mass is 16.6. The highest BCUT2D eigenvalue weighted by Gasteiger charge is 2.51. The molecule has 4 aliphatic carbocycles. The van der Waals surface area contributed by atoms with Gasteiger partial charge >= 0.3 is 6.09 Å². The van der Waals surface area contributed by atoms with Crippen molar-refractivity contribution in [3.63, 3.8) is 0 Å². The summed E-state index contributed by atoms with van der Waals surface area (Å²) in [5, 5.41) is 2.85. The van der Waals surface area contributed by atoms with Crippen LogP contribution in [0.25, 0.3) is 11.3 Å². The van der Waals surface area contributed by atoms with Crippen LogP contribution in [0, 0.1) is 18.3 Å². The molecule has 4 saturated carbocycles. The van der Waals surface area contributed by atoms with E-state index in [0.717, 1.165) is 68.4 Å². The van der Waals surface area contributed by atoms with E-state index in [1.54, 1.807) is 19.6 Å². The number of aryl methyl sites for hydroxylation is 1. The van der Waals surface area contributed by atoms with Gasteiger partial charge in [-0.2, -0.15) is 0 Å². The lowest BCUT2D eigenvalue weighted by Crippen LogP contribution is -2.52. The van der Waals surface area contributed by atoms with Crippen molar-refractivity contribution in [2.45, 2.75) is 129 Å². The maximum atomic E-state index is 14.6. The highest BCUT2D eigenvalue weighted by molar-refractivity contribution is 5.95. The number of anilines is 1. The number of nitrogens with one attached hydrogen (secondary N) is 1. The molecule has 2 amide bonds. The van der Waals surface area contributed by atoms with E-state index in [9.17, 15) is 9.59 Å². The molecule has 0 aliphatic heterocycles. The van der Waals surface area contributed by atoms with Gasteiger partial charge in [-0.05, 0) is 118 Å². The number of aromatic nitrogens is 2. The number of unbranched alkanes of at least 4 members (excludes halogenated alkanes) is 1. The molecule has 3 aromatic rings. The van der Waals surface area contributed by atoms with E-state index in [0.29, 0.717) is 50.5 Å². The topological polar surface area (TPSA) is 107 Å². The summed E-state index contributed by atoms with van der Waals surface area (Å²) in [4.78, 5) is 38.6. The summed E-state index contributed by atoms with van der Waals surface area (Å²) in [6.07, 6.45) is 14.2. The third-order valence-corrected chi connectivity index (χ3v) is 11.7. The molecule has 270 valence electrons. The first kappa shape index (κ1) is 35.9. The maximum absolute atomic E-state index is 14.6. The summed E-state index contributed by atoms with van der Waals surface area (Å²) in [5.74, 6) is 2.26. The van der Waals surface area contributed by atoms with Gasteiger partial charge in [0.05, 0.1) is 7.11 Å². The SMILES string of the molecule is CCCCNC(=O)OC1CCC(C(=O)N(CC23CCC(c4ccc(OC)c(C)c4)(CC2)CC3)c2cc(-c3coc(C(C)(C)C)n3)ccn2)CC1. The van der Waals surface area contributed by atoms with Crippen LogP contribution in [0.3, 0.4) is 0 Å². The van der Waals surface area contributed by atoms with Crippen LogP contribution in [0.1, 0.15) is 122 Å². The summed E-state index contributed by atoms with van der Waals surface area (Å²) in [6.45, 7) is 11.7. The molecule has 4 aliphatic rings. The van der Waals surface area contributed by atoms with Gasteiger partial charge in [0.25, 0.3) is 0 Å². The number of carbonyl (C=O) groups excluding carboxylic acids is 2. The van der Waals surface area contributed by atoms with Crippen LogP contribution in [0.2, 0.25) is 0 Å². The molecule has 0 atom stereocenters. The Morgan fingerprint density at radius 2 is 1.74 bits per heavy atom. The van der Waals surface area contributed by atoms with Gasteiger partial charge < -0.3 is 19.2 Å². The minimum Gasteiger partial charge on any atom is -0.496 e. The van der Waals surface area contributed by atoms with Gasteiger partial charge in [0.1, 0.15) is 29.6 Å². The fraction of sp³-hybridized carbons (Fsp3) is 0.610.